The van der Waals surface area contributed by atoms with Crippen LogP contribution in [0.15, 0.2) is 72.8 Å². The predicted octanol–water partition coefficient (Wildman–Crippen LogP) is 4.82. The number of rotatable bonds is 7. The normalized spacial score (nSPS) is 14.1. The van der Waals surface area contributed by atoms with Crippen LogP contribution in [0.2, 0.25) is 0 Å². The highest BCUT2D eigenvalue weighted by molar-refractivity contribution is 6.37. The van der Waals surface area contributed by atoms with Gasteiger partial charge in [0.05, 0.1) is 11.3 Å². The number of carbonyl (C=O) groups excluding carboxylic acids is 2. The molecule has 0 bridgehead atoms. The van der Waals surface area contributed by atoms with Crippen LogP contribution in [-0.2, 0) is 11.3 Å². The third-order valence-corrected chi connectivity index (χ3v) is 5.48. The fourth-order valence-corrected chi connectivity index (χ4v) is 3.99. The third kappa shape index (κ3) is 5.18. The summed E-state index contributed by atoms with van der Waals surface area (Å²) in [5.74, 6) is -0.366. The Bertz CT molecular complexity index is 1230. The molecule has 0 aromatic heterocycles. The molecule has 3 N–H and O–H groups in total. The molecule has 1 heterocycles. The number of nitrogens with zero attached hydrogens (tertiary/aromatic N) is 1. The van der Waals surface area contributed by atoms with Crippen LogP contribution in [0.5, 0.6) is 0 Å². The minimum Gasteiger partial charge on any atom is -0.354 e. The summed E-state index contributed by atoms with van der Waals surface area (Å²) >= 11 is 0. The lowest BCUT2D eigenvalue weighted by Crippen LogP contribution is -2.30. The van der Waals surface area contributed by atoms with Gasteiger partial charge >= 0.3 is 0 Å². The van der Waals surface area contributed by atoms with Gasteiger partial charge in [0, 0.05) is 35.1 Å². The number of hydrogen-bond acceptors (Lipinski definition) is 4. The average molecular weight is 455 g/mol. The van der Waals surface area contributed by atoms with E-state index in [-0.39, 0.29) is 17.9 Å². The lowest BCUT2D eigenvalue weighted by atomic mass is 9.98. The predicted molar refractivity (Wildman–Crippen MR) is 138 cm³/mol. The van der Waals surface area contributed by atoms with Crippen LogP contribution in [0.4, 0.5) is 11.4 Å². The van der Waals surface area contributed by atoms with Gasteiger partial charge in [-0.3, -0.25) is 9.59 Å². The molecule has 0 saturated heterocycles. The molecule has 3 aromatic carbocycles. The Morgan fingerprint density at radius 2 is 1.65 bits per heavy atom. The van der Waals surface area contributed by atoms with E-state index in [1.54, 1.807) is 18.2 Å². The van der Waals surface area contributed by atoms with Crippen LogP contribution < -0.4 is 16.0 Å². The molecule has 0 aliphatic carbocycles. The van der Waals surface area contributed by atoms with E-state index < -0.39 is 0 Å². The fourth-order valence-electron chi connectivity index (χ4n) is 3.99. The molecule has 2 amide bonds. The summed E-state index contributed by atoms with van der Waals surface area (Å²) in [7, 11) is 4.08. The zero-order valence-corrected chi connectivity index (χ0v) is 20.0. The zero-order valence-electron chi connectivity index (χ0n) is 20.0. The van der Waals surface area contributed by atoms with Gasteiger partial charge < -0.3 is 20.9 Å². The summed E-state index contributed by atoms with van der Waals surface area (Å²) in [5, 5.41) is 9.34. The minimum atomic E-state index is -0.202. The summed E-state index contributed by atoms with van der Waals surface area (Å²) in [4.78, 5) is 27.9. The Kier molecular flexibility index (Phi) is 6.80. The highest BCUT2D eigenvalue weighted by Crippen LogP contribution is 2.38. The highest BCUT2D eigenvalue weighted by atomic mass is 16.2. The maximum atomic E-state index is 13.2. The quantitative estimate of drug-likeness (QED) is 0.448. The van der Waals surface area contributed by atoms with Crippen molar-refractivity contribution in [2.75, 3.05) is 24.7 Å². The number of amides is 2. The monoisotopic (exact) mass is 454 g/mol. The summed E-state index contributed by atoms with van der Waals surface area (Å²) in [6.07, 6.45) is 0. The van der Waals surface area contributed by atoms with Gasteiger partial charge in [-0.15, -0.1) is 0 Å². The van der Waals surface area contributed by atoms with E-state index in [1.807, 2.05) is 70.4 Å². The molecular weight excluding hydrogens is 424 g/mol. The van der Waals surface area contributed by atoms with E-state index in [2.05, 4.69) is 33.0 Å². The largest absolute Gasteiger partial charge is 0.354 e. The van der Waals surface area contributed by atoms with Crippen molar-refractivity contribution >= 4 is 34.5 Å². The van der Waals surface area contributed by atoms with Gasteiger partial charge in [0.1, 0.15) is 0 Å². The standard InChI is InChI=1S/C28H30N4O2/c1-18(2)29-27(33)21-12-15-24-23(16-21)25(28(34)31-24)26(20-8-6-5-7-9-20)30-22-13-10-19(11-14-22)17-32(3)4/h5-16,18,30H,17H2,1-4H3,(H,29,33)(H,31,34)/b26-25-. The Morgan fingerprint density at radius 3 is 2.29 bits per heavy atom. The van der Waals surface area contributed by atoms with Gasteiger partial charge in [0.2, 0.25) is 0 Å². The fraction of sp³-hybridized carbons (Fsp3) is 0.214. The van der Waals surface area contributed by atoms with Crippen molar-refractivity contribution in [3.8, 4) is 0 Å². The first-order valence-electron chi connectivity index (χ1n) is 11.4. The lowest BCUT2D eigenvalue weighted by molar-refractivity contribution is -0.110. The van der Waals surface area contributed by atoms with Crippen molar-refractivity contribution in [3.05, 3.63) is 95.1 Å². The molecular formula is C28H30N4O2. The van der Waals surface area contributed by atoms with Crippen LogP contribution in [-0.4, -0.2) is 36.9 Å². The second kappa shape index (κ2) is 9.93. The van der Waals surface area contributed by atoms with Crippen LogP contribution in [0.1, 0.15) is 40.9 Å². The first-order chi connectivity index (χ1) is 16.3. The number of nitrogens with one attached hydrogen (secondary N) is 3. The van der Waals surface area contributed by atoms with E-state index in [0.29, 0.717) is 28.1 Å². The number of hydrogen-bond donors (Lipinski definition) is 3. The van der Waals surface area contributed by atoms with Crippen LogP contribution in [0.25, 0.3) is 11.3 Å². The molecule has 6 heteroatoms. The summed E-state index contributed by atoms with van der Waals surface area (Å²) < 4.78 is 0. The van der Waals surface area contributed by atoms with Crippen molar-refractivity contribution in [3.63, 3.8) is 0 Å². The molecule has 0 unspecified atom stereocenters. The van der Waals surface area contributed by atoms with Crippen molar-refractivity contribution in [1.82, 2.24) is 10.2 Å². The summed E-state index contributed by atoms with van der Waals surface area (Å²) in [6, 6.07) is 23.3. The first-order valence-corrected chi connectivity index (χ1v) is 11.4. The second-order valence-electron chi connectivity index (χ2n) is 9.02. The average Bonchev–Trinajstić information content (AvgIpc) is 3.13. The van der Waals surface area contributed by atoms with Crippen molar-refractivity contribution < 1.29 is 9.59 Å². The minimum absolute atomic E-state index is 0.0209. The number of benzene rings is 3. The van der Waals surface area contributed by atoms with Gasteiger partial charge in [0.25, 0.3) is 11.8 Å². The number of carbonyl (C=O) groups is 2. The van der Waals surface area contributed by atoms with Crippen molar-refractivity contribution in [2.24, 2.45) is 0 Å². The van der Waals surface area contributed by atoms with Gasteiger partial charge in [-0.25, -0.2) is 0 Å². The molecule has 0 fully saturated rings. The summed E-state index contributed by atoms with van der Waals surface area (Å²) in [6.45, 7) is 4.69. The van der Waals surface area contributed by atoms with E-state index >= 15 is 0 Å². The van der Waals surface area contributed by atoms with Crippen LogP contribution in [0.3, 0.4) is 0 Å². The molecule has 34 heavy (non-hydrogen) atoms. The molecule has 4 rings (SSSR count). The molecule has 3 aromatic rings. The molecule has 6 nitrogen and oxygen atoms in total. The second-order valence-corrected chi connectivity index (χ2v) is 9.02. The number of fused-ring (bicyclic) bond motifs is 1. The van der Waals surface area contributed by atoms with Gasteiger partial charge in [0.15, 0.2) is 0 Å². The smallest absolute Gasteiger partial charge is 0.258 e. The molecule has 0 spiro atoms. The molecule has 1 aliphatic rings. The Balaban J connectivity index is 1.79. The van der Waals surface area contributed by atoms with Gasteiger partial charge in [-0.05, 0) is 69.4 Å². The van der Waals surface area contributed by atoms with E-state index in [0.717, 1.165) is 17.8 Å². The van der Waals surface area contributed by atoms with E-state index in [4.69, 9.17) is 0 Å². The molecule has 1 aliphatic heterocycles. The van der Waals surface area contributed by atoms with E-state index in [1.165, 1.54) is 5.56 Å². The Hall–Kier alpha value is -3.90. The molecule has 0 atom stereocenters. The van der Waals surface area contributed by atoms with Crippen LogP contribution >= 0.6 is 0 Å². The maximum Gasteiger partial charge on any atom is 0.258 e. The molecule has 174 valence electrons. The summed E-state index contributed by atoms with van der Waals surface area (Å²) in [5.41, 5.74) is 6.08. The van der Waals surface area contributed by atoms with Gasteiger partial charge in [-0.2, -0.15) is 0 Å². The topological polar surface area (TPSA) is 73.5 Å². The zero-order chi connectivity index (χ0) is 24.2. The van der Waals surface area contributed by atoms with E-state index in [9.17, 15) is 9.59 Å². The maximum absolute atomic E-state index is 13.2. The Labute approximate surface area is 200 Å². The first kappa shape index (κ1) is 23.3. The lowest BCUT2D eigenvalue weighted by Gasteiger charge is -2.16. The van der Waals surface area contributed by atoms with Crippen LogP contribution in [0, 0.1) is 0 Å². The SMILES string of the molecule is CC(C)NC(=O)c1ccc2c(c1)/C(=C(/Nc1ccc(CN(C)C)cc1)c1ccccc1)C(=O)N2. The third-order valence-electron chi connectivity index (χ3n) is 5.48. The van der Waals surface area contributed by atoms with Crippen molar-refractivity contribution in [1.29, 1.82) is 0 Å². The molecule has 0 saturated carbocycles. The highest BCUT2D eigenvalue weighted by Gasteiger charge is 2.29. The molecule has 0 radical (unpaired) electrons. The van der Waals surface area contributed by atoms with Gasteiger partial charge in [-0.1, -0.05) is 42.5 Å². The van der Waals surface area contributed by atoms with Crippen molar-refractivity contribution in [2.45, 2.75) is 26.4 Å². The Morgan fingerprint density at radius 1 is 0.941 bits per heavy atom. The number of anilines is 2.